The van der Waals surface area contributed by atoms with Crippen LogP contribution in [0.5, 0.6) is 0 Å². The number of thioether (sulfide) groups is 1. The Bertz CT molecular complexity index is 767. The van der Waals surface area contributed by atoms with Gasteiger partial charge in [-0.2, -0.15) is 8.42 Å². The highest BCUT2D eigenvalue weighted by Crippen LogP contribution is 2.41. The molecule has 0 N–H and O–H groups in total. The van der Waals surface area contributed by atoms with Crippen molar-refractivity contribution in [1.82, 2.24) is 0 Å². The third kappa shape index (κ3) is 3.97. The van der Waals surface area contributed by atoms with Crippen LogP contribution in [0, 0.1) is 6.92 Å². The molecule has 1 heterocycles. The van der Waals surface area contributed by atoms with Gasteiger partial charge < -0.3 is 0 Å². The SMILES string of the molecule is Cc1ccc(S(=O)(=O)OCCCC2CSc3ccccc32)cc1. The van der Waals surface area contributed by atoms with Crippen molar-refractivity contribution < 1.29 is 12.6 Å². The molecule has 1 aliphatic heterocycles. The number of rotatable bonds is 6. The van der Waals surface area contributed by atoms with E-state index in [0.717, 1.165) is 24.2 Å². The molecule has 0 fully saturated rings. The molecular formula is C18H20O3S2. The highest BCUT2D eigenvalue weighted by Gasteiger charge is 2.22. The molecule has 3 rings (SSSR count). The van der Waals surface area contributed by atoms with Gasteiger partial charge in [-0.3, -0.25) is 4.18 Å². The second kappa shape index (κ2) is 7.07. The fourth-order valence-electron chi connectivity index (χ4n) is 2.74. The summed E-state index contributed by atoms with van der Waals surface area (Å²) in [6, 6.07) is 15.2. The summed E-state index contributed by atoms with van der Waals surface area (Å²) in [5.41, 5.74) is 2.42. The number of aryl methyl sites for hydroxylation is 1. The van der Waals surface area contributed by atoms with Gasteiger partial charge in [0.2, 0.25) is 0 Å². The summed E-state index contributed by atoms with van der Waals surface area (Å²) in [7, 11) is -3.64. The summed E-state index contributed by atoms with van der Waals surface area (Å²) in [6.45, 7) is 2.16. The first-order valence-corrected chi connectivity index (χ1v) is 10.1. The molecule has 0 aromatic heterocycles. The van der Waals surface area contributed by atoms with Gasteiger partial charge in [0.25, 0.3) is 10.1 Å². The van der Waals surface area contributed by atoms with Crippen LogP contribution >= 0.6 is 11.8 Å². The number of fused-ring (bicyclic) bond motifs is 1. The predicted octanol–water partition coefficient (Wildman–Crippen LogP) is 4.37. The molecule has 1 atom stereocenters. The minimum atomic E-state index is -3.64. The van der Waals surface area contributed by atoms with Crippen molar-refractivity contribution in [3.05, 3.63) is 59.7 Å². The lowest BCUT2D eigenvalue weighted by atomic mass is 9.97. The summed E-state index contributed by atoms with van der Waals surface area (Å²) in [5.74, 6) is 1.58. The Morgan fingerprint density at radius 2 is 1.87 bits per heavy atom. The summed E-state index contributed by atoms with van der Waals surface area (Å²) in [6.07, 6.45) is 1.69. The molecule has 0 bridgehead atoms. The lowest BCUT2D eigenvalue weighted by molar-refractivity contribution is 0.305. The monoisotopic (exact) mass is 348 g/mol. The lowest BCUT2D eigenvalue weighted by Gasteiger charge is -2.11. The molecule has 2 aromatic carbocycles. The van der Waals surface area contributed by atoms with Crippen molar-refractivity contribution in [2.45, 2.75) is 35.5 Å². The average molecular weight is 348 g/mol. The largest absolute Gasteiger partial charge is 0.296 e. The molecule has 1 unspecified atom stereocenters. The van der Waals surface area contributed by atoms with Crippen LogP contribution in [0.15, 0.2) is 58.3 Å². The van der Waals surface area contributed by atoms with Crippen LogP contribution in [0.4, 0.5) is 0 Å². The van der Waals surface area contributed by atoms with E-state index in [2.05, 4.69) is 24.3 Å². The van der Waals surface area contributed by atoms with Gasteiger partial charge in [-0.25, -0.2) is 0 Å². The van der Waals surface area contributed by atoms with E-state index in [4.69, 9.17) is 4.18 Å². The maximum Gasteiger partial charge on any atom is 0.296 e. The first-order chi connectivity index (χ1) is 11.1. The normalized spacial score (nSPS) is 17.2. The second-order valence-electron chi connectivity index (χ2n) is 5.78. The minimum absolute atomic E-state index is 0.227. The number of benzene rings is 2. The third-order valence-corrected chi connectivity index (χ3v) is 6.62. The highest BCUT2D eigenvalue weighted by molar-refractivity contribution is 7.99. The molecule has 0 aliphatic carbocycles. The Labute approximate surface area is 142 Å². The zero-order valence-electron chi connectivity index (χ0n) is 13.1. The smallest absolute Gasteiger partial charge is 0.266 e. The first kappa shape index (κ1) is 16.6. The van der Waals surface area contributed by atoms with Gasteiger partial charge in [0.1, 0.15) is 0 Å². The Morgan fingerprint density at radius 1 is 1.13 bits per heavy atom. The zero-order chi connectivity index (χ0) is 16.3. The van der Waals surface area contributed by atoms with Crippen LogP contribution in [-0.4, -0.2) is 20.8 Å². The van der Waals surface area contributed by atoms with Crippen LogP contribution < -0.4 is 0 Å². The average Bonchev–Trinajstić information content (AvgIpc) is 2.95. The molecule has 0 radical (unpaired) electrons. The van der Waals surface area contributed by atoms with Gasteiger partial charge in [-0.05, 0) is 49.4 Å². The van der Waals surface area contributed by atoms with Crippen molar-refractivity contribution in [1.29, 1.82) is 0 Å². The van der Waals surface area contributed by atoms with E-state index in [9.17, 15) is 8.42 Å². The van der Waals surface area contributed by atoms with Crippen molar-refractivity contribution in [3.63, 3.8) is 0 Å². The molecular weight excluding hydrogens is 328 g/mol. The van der Waals surface area contributed by atoms with E-state index >= 15 is 0 Å². The summed E-state index contributed by atoms with van der Waals surface area (Å²) in [5, 5.41) is 0. The fourth-order valence-corrected chi connectivity index (χ4v) is 4.99. The molecule has 2 aromatic rings. The summed E-state index contributed by atoms with van der Waals surface area (Å²) >= 11 is 1.88. The van der Waals surface area contributed by atoms with E-state index < -0.39 is 10.1 Å². The molecule has 5 heteroatoms. The maximum absolute atomic E-state index is 12.1. The molecule has 23 heavy (non-hydrogen) atoms. The van der Waals surface area contributed by atoms with Crippen LogP contribution in [0.25, 0.3) is 0 Å². The molecule has 122 valence electrons. The van der Waals surface area contributed by atoms with Crippen molar-refractivity contribution in [2.75, 3.05) is 12.4 Å². The van der Waals surface area contributed by atoms with Gasteiger partial charge in [0.15, 0.2) is 0 Å². The summed E-state index contributed by atoms with van der Waals surface area (Å²) < 4.78 is 29.4. The van der Waals surface area contributed by atoms with Crippen LogP contribution in [-0.2, 0) is 14.3 Å². The second-order valence-corrected chi connectivity index (χ2v) is 8.45. The van der Waals surface area contributed by atoms with Gasteiger partial charge in [-0.15, -0.1) is 11.8 Å². The molecule has 0 saturated heterocycles. The molecule has 0 spiro atoms. The minimum Gasteiger partial charge on any atom is -0.266 e. The predicted molar refractivity (Wildman–Crippen MR) is 93.5 cm³/mol. The van der Waals surface area contributed by atoms with Gasteiger partial charge in [0, 0.05) is 10.6 Å². The van der Waals surface area contributed by atoms with Crippen LogP contribution in [0.2, 0.25) is 0 Å². The maximum atomic E-state index is 12.1. The standard InChI is InChI=1S/C18H20O3S2/c1-14-8-10-16(11-9-14)23(19,20)21-12-4-5-15-13-22-18-7-3-2-6-17(15)18/h2-3,6-11,15H,4-5,12-13H2,1H3. The molecule has 0 saturated carbocycles. The van der Waals surface area contributed by atoms with E-state index in [1.807, 2.05) is 18.7 Å². The van der Waals surface area contributed by atoms with Crippen molar-refractivity contribution >= 4 is 21.9 Å². The van der Waals surface area contributed by atoms with Gasteiger partial charge in [0.05, 0.1) is 11.5 Å². The van der Waals surface area contributed by atoms with Crippen molar-refractivity contribution in [2.24, 2.45) is 0 Å². The molecule has 1 aliphatic rings. The Morgan fingerprint density at radius 3 is 2.65 bits per heavy atom. The summed E-state index contributed by atoms with van der Waals surface area (Å²) in [4.78, 5) is 1.58. The van der Waals surface area contributed by atoms with E-state index in [1.54, 1.807) is 24.3 Å². The Balaban J connectivity index is 1.51. The quantitative estimate of drug-likeness (QED) is 0.574. The van der Waals surface area contributed by atoms with Gasteiger partial charge in [-0.1, -0.05) is 35.9 Å². The molecule has 3 nitrogen and oxygen atoms in total. The Hall–Kier alpha value is -1.30. The fraction of sp³-hybridized carbons (Fsp3) is 0.333. The number of hydrogen-bond acceptors (Lipinski definition) is 4. The topological polar surface area (TPSA) is 43.4 Å². The Kier molecular flexibility index (Phi) is 5.09. The van der Waals surface area contributed by atoms with E-state index in [-0.39, 0.29) is 11.5 Å². The van der Waals surface area contributed by atoms with E-state index in [0.29, 0.717) is 5.92 Å². The zero-order valence-corrected chi connectivity index (χ0v) is 14.7. The van der Waals surface area contributed by atoms with Crippen molar-refractivity contribution in [3.8, 4) is 0 Å². The van der Waals surface area contributed by atoms with Gasteiger partial charge >= 0.3 is 0 Å². The van der Waals surface area contributed by atoms with Crippen LogP contribution in [0.1, 0.15) is 29.9 Å². The molecule has 0 amide bonds. The first-order valence-electron chi connectivity index (χ1n) is 7.74. The third-order valence-electron chi connectivity index (χ3n) is 4.04. The van der Waals surface area contributed by atoms with Crippen LogP contribution in [0.3, 0.4) is 0 Å². The lowest BCUT2D eigenvalue weighted by Crippen LogP contribution is -2.08. The number of hydrogen-bond donors (Lipinski definition) is 0. The highest BCUT2D eigenvalue weighted by atomic mass is 32.2. The van der Waals surface area contributed by atoms with E-state index in [1.165, 1.54) is 10.5 Å².